The number of nitrogens with one attached hydrogen (secondary N) is 2. The molecule has 0 unspecified atom stereocenters. The molecule has 0 fully saturated rings. The molecule has 27 heavy (non-hydrogen) atoms. The largest absolute Gasteiger partial charge is 0.454 e. The quantitative estimate of drug-likeness (QED) is 0.506. The van der Waals surface area contributed by atoms with Crippen LogP contribution in [0.5, 0.6) is 11.5 Å². The fourth-order valence-electron chi connectivity index (χ4n) is 2.41. The molecule has 1 aliphatic heterocycles. The third kappa shape index (κ3) is 3.53. The lowest BCUT2D eigenvalue weighted by molar-refractivity contribution is -0.387. The Morgan fingerprint density at radius 3 is 2.85 bits per heavy atom. The number of carbonyl (C=O) groups is 1. The molecule has 10 nitrogen and oxygen atoms in total. The minimum absolute atomic E-state index is 0.128. The van der Waals surface area contributed by atoms with Crippen molar-refractivity contribution in [3.8, 4) is 11.5 Å². The molecule has 2 aromatic carbocycles. The summed E-state index contributed by atoms with van der Waals surface area (Å²) in [5, 5.41) is 20.8. The summed E-state index contributed by atoms with van der Waals surface area (Å²) in [5.74, 6) is 0.642. The van der Waals surface area contributed by atoms with E-state index in [9.17, 15) is 14.9 Å². The maximum Gasteiger partial charge on any atom is 0.284 e. The number of nitro groups is 1. The zero-order valence-corrected chi connectivity index (χ0v) is 14.4. The molecule has 2 heterocycles. The van der Waals surface area contributed by atoms with Gasteiger partial charge in [-0.3, -0.25) is 20.0 Å². The molecule has 0 saturated carbocycles. The van der Waals surface area contributed by atoms with E-state index >= 15 is 0 Å². The molecule has 0 atom stereocenters. The molecule has 1 aromatic heterocycles. The minimum atomic E-state index is -0.546. The van der Waals surface area contributed by atoms with Crippen LogP contribution in [0.2, 0.25) is 0 Å². The Labute approximate surface area is 156 Å². The molecule has 0 radical (unpaired) electrons. The van der Waals surface area contributed by atoms with Crippen molar-refractivity contribution in [2.75, 3.05) is 12.1 Å². The van der Waals surface area contributed by atoms with Crippen LogP contribution in [0, 0.1) is 10.1 Å². The first kappa shape index (κ1) is 16.8. The Bertz CT molecular complexity index is 1020. The highest BCUT2D eigenvalue weighted by Gasteiger charge is 2.20. The lowest BCUT2D eigenvalue weighted by Crippen LogP contribution is -2.12. The van der Waals surface area contributed by atoms with E-state index in [1.807, 2.05) is 0 Å². The highest BCUT2D eigenvalue weighted by Crippen LogP contribution is 2.35. The van der Waals surface area contributed by atoms with Crippen molar-refractivity contribution in [2.45, 2.75) is 10.1 Å². The summed E-state index contributed by atoms with van der Waals surface area (Å²) < 4.78 is 10.5. The second-order valence-electron chi connectivity index (χ2n) is 5.35. The Morgan fingerprint density at radius 1 is 1.22 bits per heavy atom. The van der Waals surface area contributed by atoms with E-state index in [1.165, 1.54) is 24.5 Å². The average molecular weight is 385 g/mol. The number of nitro benzene ring substituents is 1. The number of rotatable bonds is 5. The van der Waals surface area contributed by atoms with Crippen molar-refractivity contribution < 1.29 is 19.2 Å². The number of anilines is 1. The van der Waals surface area contributed by atoms with Crippen LogP contribution < -0.4 is 14.8 Å². The summed E-state index contributed by atoms with van der Waals surface area (Å²) in [5.41, 5.74) is 0.447. The molecule has 1 aliphatic rings. The minimum Gasteiger partial charge on any atom is -0.454 e. The maximum atomic E-state index is 12.5. The average Bonchev–Trinajstić information content (AvgIpc) is 3.33. The number of carbonyl (C=O) groups excluding carboxylic acids is 1. The standard InChI is InChI=1S/C16H11N5O5S/c22-15(19-10-2-3-12-13(6-10)26-8-25-12)9-1-4-14(11(5-9)21(23)24)27-16-17-7-18-20-16/h1-7H,8H2,(H,19,22)(H,17,18,20). The number of H-pyrrole nitrogens is 1. The normalized spacial score (nSPS) is 12.0. The number of aromatic amines is 1. The maximum absolute atomic E-state index is 12.5. The summed E-state index contributed by atoms with van der Waals surface area (Å²) >= 11 is 1.05. The van der Waals surface area contributed by atoms with Gasteiger partial charge in [-0.15, -0.1) is 0 Å². The van der Waals surface area contributed by atoms with E-state index in [1.54, 1.807) is 18.2 Å². The zero-order valence-electron chi connectivity index (χ0n) is 13.5. The fraction of sp³-hybridized carbons (Fsp3) is 0.0625. The van der Waals surface area contributed by atoms with Gasteiger partial charge in [-0.1, -0.05) is 0 Å². The van der Waals surface area contributed by atoms with Crippen molar-refractivity contribution in [3.05, 3.63) is 58.4 Å². The van der Waals surface area contributed by atoms with E-state index in [4.69, 9.17) is 9.47 Å². The van der Waals surface area contributed by atoms with E-state index in [-0.39, 0.29) is 18.0 Å². The molecule has 0 spiro atoms. The number of ether oxygens (including phenoxy) is 2. The third-order valence-electron chi connectivity index (χ3n) is 3.65. The first-order valence-corrected chi connectivity index (χ1v) is 8.44. The van der Waals surface area contributed by atoms with Gasteiger partial charge >= 0.3 is 0 Å². The second kappa shape index (κ2) is 6.96. The monoisotopic (exact) mass is 385 g/mol. The zero-order chi connectivity index (χ0) is 18.8. The van der Waals surface area contributed by atoms with Crippen LogP contribution in [0.4, 0.5) is 11.4 Å². The highest BCUT2D eigenvalue weighted by molar-refractivity contribution is 7.99. The van der Waals surface area contributed by atoms with Crippen LogP contribution in [-0.4, -0.2) is 32.8 Å². The van der Waals surface area contributed by atoms with Crippen LogP contribution in [0.25, 0.3) is 0 Å². The molecule has 0 bridgehead atoms. The van der Waals surface area contributed by atoms with Gasteiger partial charge in [-0.05, 0) is 36.0 Å². The number of nitrogens with zero attached hydrogens (tertiary/aromatic N) is 3. The van der Waals surface area contributed by atoms with E-state index in [0.29, 0.717) is 27.2 Å². The molecular weight excluding hydrogens is 374 g/mol. The van der Waals surface area contributed by atoms with Crippen LogP contribution >= 0.6 is 11.8 Å². The van der Waals surface area contributed by atoms with Crippen molar-refractivity contribution in [2.24, 2.45) is 0 Å². The Morgan fingerprint density at radius 2 is 2.07 bits per heavy atom. The number of fused-ring (bicyclic) bond motifs is 1. The molecular formula is C16H11N5O5S. The topological polar surface area (TPSA) is 132 Å². The van der Waals surface area contributed by atoms with Gasteiger partial charge in [0.15, 0.2) is 16.7 Å². The molecule has 3 aromatic rings. The number of hydrogen-bond donors (Lipinski definition) is 2. The van der Waals surface area contributed by atoms with Gasteiger partial charge in [0.05, 0.1) is 9.82 Å². The summed E-state index contributed by atoms with van der Waals surface area (Å²) in [6.45, 7) is 0.128. The molecule has 0 aliphatic carbocycles. The Balaban J connectivity index is 1.56. The molecule has 2 N–H and O–H groups in total. The van der Waals surface area contributed by atoms with Gasteiger partial charge < -0.3 is 14.8 Å². The second-order valence-corrected chi connectivity index (χ2v) is 6.39. The van der Waals surface area contributed by atoms with Gasteiger partial charge in [0, 0.05) is 23.4 Å². The molecule has 1 amide bonds. The number of benzene rings is 2. The van der Waals surface area contributed by atoms with E-state index in [2.05, 4.69) is 20.5 Å². The first-order chi connectivity index (χ1) is 13.1. The number of aromatic nitrogens is 3. The van der Waals surface area contributed by atoms with Crippen molar-refractivity contribution in [3.63, 3.8) is 0 Å². The fourth-order valence-corrected chi connectivity index (χ4v) is 3.19. The summed E-state index contributed by atoms with van der Waals surface area (Å²) in [6, 6.07) is 9.20. The first-order valence-electron chi connectivity index (χ1n) is 7.63. The molecule has 11 heteroatoms. The number of amides is 1. The van der Waals surface area contributed by atoms with Crippen LogP contribution in [-0.2, 0) is 0 Å². The third-order valence-corrected chi connectivity index (χ3v) is 4.60. The van der Waals surface area contributed by atoms with Crippen LogP contribution in [0.15, 0.2) is 52.8 Å². The van der Waals surface area contributed by atoms with Gasteiger partial charge in [-0.25, -0.2) is 4.98 Å². The van der Waals surface area contributed by atoms with Crippen LogP contribution in [0.1, 0.15) is 10.4 Å². The number of hydrogen-bond acceptors (Lipinski definition) is 8. The smallest absolute Gasteiger partial charge is 0.284 e. The lowest BCUT2D eigenvalue weighted by atomic mass is 10.2. The molecule has 0 saturated heterocycles. The Hall–Kier alpha value is -3.60. The van der Waals surface area contributed by atoms with Gasteiger partial charge in [-0.2, -0.15) is 5.10 Å². The SMILES string of the molecule is O=C(Nc1ccc2c(c1)OCO2)c1ccc(Sc2ncn[nH]2)c([N+](=O)[O-])c1. The van der Waals surface area contributed by atoms with Gasteiger partial charge in [0.25, 0.3) is 11.6 Å². The summed E-state index contributed by atoms with van der Waals surface area (Å²) in [7, 11) is 0. The van der Waals surface area contributed by atoms with Crippen LogP contribution in [0.3, 0.4) is 0 Å². The van der Waals surface area contributed by atoms with E-state index < -0.39 is 10.8 Å². The van der Waals surface area contributed by atoms with Gasteiger partial charge in [0.1, 0.15) is 6.33 Å². The van der Waals surface area contributed by atoms with Gasteiger partial charge in [0.2, 0.25) is 6.79 Å². The van der Waals surface area contributed by atoms with E-state index in [0.717, 1.165) is 11.8 Å². The lowest BCUT2D eigenvalue weighted by Gasteiger charge is -2.07. The van der Waals surface area contributed by atoms with Crippen molar-refractivity contribution in [1.82, 2.24) is 15.2 Å². The molecule has 4 rings (SSSR count). The Kier molecular flexibility index (Phi) is 4.34. The molecule has 136 valence electrons. The summed E-state index contributed by atoms with van der Waals surface area (Å²) in [4.78, 5) is 27.6. The van der Waals surface area contributed by atoms with Crippen molar-refractivity contribution in [1.29, 1.82) is 0 Å². The highest BCUT2D eigenvalue weighted by atomic mass is 32.2. The predicted molar refractivity (Wildman–Crippen MR) is 94.1 cm³/mol. The van der Waals surface area contributed by atoms with Crippen molar-refractivity contribution >= 4 is 29.0 Å². The summed E-state index contributed by atoms with van der Waals surface area (Å²) in [6.07, 6.45) is 1.31. The predicted octanol–water partition coefficient (Wildman–Crippen LogP) is 2.85.